The molecular weight excluding hydrogens is 1480 g/mol. The first-order chi connectivity index (χ1) is 53.9. The van der Waals surface area contributed by atoms with Gasteiger partial charge in [-0.15, -0.1) is 0 Å². The fourth-order valence-electron chi connectivity index (χ4n) is 13.4. The van der Waals surface area contributed by atoms with Crippen molar-refractivity contribution in [2.75, 3.05) is 45.9 Å². The molecule has 21 N–H and O–H groups in total. The lowest BCUT2D eigenvalue weighted by Crippen LogP contribution is -2.61. The van der Waals surface area contributed by atoms with Crippen molar-refractivity contribution in [1.82, 2.24) is 83.9 Å². The summed E-state index contributed by atoms with van der Waals surface area (Å²) in [5, 5.41) is 79.9. The van der Waals surface area contributed by atoms with Gasteiger partial charge in [0.05, 0.1) is 26.2 Å². The lowest BCUT2D eigenvalue weighted by molar-refractivity contribution is -0.148. The fraction of sp³-hybridized carbons (Fsp3) is 0.556. The molecule has 12 atom stereocenters. The van der Waals surface area contributed by atoms with Crippen LogP contribution in [0.3, 0.4) is 0 Å². The molecular formula is C72H100N20O21. The van der Waals surface area contributed by atoms with Crippen LogP contribution in [0.15, 0.2) is 64.0 Å². The number of aromatic amines is 1. The number of aromatic nitrogens is 1. The van der Waals surface area contributed by atoms with Gasteiger partial charge in [0, 0.05) is 119 Å². The number of amides is 14. The standard InChI is InChI=1S/C72H100N20O21/c1-38(95)53(36-93)89-68(110)54(37-94)90-65(107)48(21-23-60(101)102)83-64(106)47(20-22-59(99)100)84-67(109)51(32-42-13-8-26-76-42)87-69(111)55-18-10-28-91(55)71(113)56-19-11-29-92(56)70(112)52-33-57(97)77-24-6-5-16-45(81-39(2)96)62(104)86-50(31-41-12-7-25-75-41)61(103)80-35-58(98)82-46(17-9-27-78-72(73)74)63(105)85-49(66(108)88-52)30-40-34-79-44-15-4-3-14-43(40)44/h3-4,12-15,25-26,34,45-56,79,93-94H,5-11,16-24,27-33,35-37H2,1-2H3,(H,77,97)(H,80,103)(H,81,96)(H,82,98)(H,83,106)(H,84,109)(H,85,105)(H,86,104)(H,87,111)(H,88,108)(H,89,110)(H,90,107)(H,99,100)(H,101,102)(H4,73,74,78)/t45-,46-,47-,48-,49-,50-,51-,52-,53-,54-,55-,56-/m0/s1. The van der Waals surface area contributed by atoms with Crippen LogP contribution in [0.4, 0.5) is 0 Å². The van der Waals surface area contributed by atoms with E-state index in [2.05, 4.69) is 84.1 Å². The van der Waals surface area contributed by atoms with Crippen molar-refractivity contribution < 1.29 is 102 Å². The molecule has 0 aliphatic carbocycles. The number of fused-ring (bicyclic) bond motifs is 1. The minimum absolute atomic E-state index is 0.00324. The third-order valence-corrected chi connectivity index (χ3v) is 19.3. The van der Waals surface area contributed by atoms with Crippen molar-refractivity contribution in [2.24, 2.45) is 15.7 Å². The van der Waals surface area contributed by atoms with E-state index in [1.807, 2.05) is 0 Å². The molecule has 0 bridgehead atoms. The fourth-order valence-corrected chi connectivity index (χ4v) is 13.4. The average Bonchev–Trinajstić information content (AvgIpc) is 1.82. The smallest absolute Gasteiger partial charge is 0.303 e. The van der Waals surface area contributed by atoms with Gasteiger partial charge in [0.2, 0.25) is 82.7 Å². The molecule has 0 saturated carbocycles. The van der Waals surface area contributed by atoms with E-state index in [0.29, 0.717) is 35.0 Å². The molecule has 113 heavy (non-hydrogen) atoms. The van der Waals surface area contributed by atoms with Crippen molar-refractivity contribution in [2.45, 2.75) is 208 Å². The van der Waals surface area contributed by atoms with E-state index in [0.717, 1.165) is 11.8 Å². The molecule has 41 heteroatoms. The van der Waals surface area contributed by atoms with Crippen LogP contribution >= 0.6 is 0 Å². The lowest BCUT2D eigenvalue weighted by atomic mass is 10.0. The number of nitrogens with zero attached hydrogens (tertiary/aromatic N) is 4. The molecule has 1 aromatic heterocycles. The van der Waals surface area contributed by atoms with Crippen molar-refractivity contribution >= 4 is 130 Å². The van der Waals surface area contributed by atoms with E-state index in [9.17, 15) is 87.5 Å². The Morgan fingerprint density at radius 1 is 0.611 bits per heavy atom. The number of rotatable bonds is 32. The summed E-state index contributed by atoms with van der Waals surface area (Å²) >= 11 is 0. The van der Waals surface area contributed by atoms with Gasteiger partial charge in [-0.1, -0.05) is 30.4 Å². The zero-order chi connectivity index (χ0) is 82.4. The van der Waals surface area contributed by atoms with Gasteiger partial charge in [-0.25, -0.2) is 0 Å². The van der Waals surface area contributed by atoms with E-state index in [1.54, 1.807) is 48.8 Å². The van der Waals surface area contributed by atoms with E-state index in [-0.39, 0.29) is 109 Å². The monoisotopic (exact) mass is 1580 g/mol. The highest BCUT2D eigenvalue weighted by atomic mass is 16.4. The number of ketones is 1. The van der Waals surface area contributed by atoms with Crippen LogP contribution in [-0.2, 0) is 87.9 Å². The summed E-state index contributed by atoms with van der Waals surface area (Å²) in [5.41, 5.74) is 7.42. The quantitative estimate of drug-likeness (QED) is 0.0184. The van der Waals surface area contributed by atoms with Gasteiger partial charge < -0.3 is 110 Å². The van der Waals surface area contributed by atoms with Crippen molar-refractivity contribution in [3.8, 4) is 0 Å². The first kappa shape index (κ1) is 88.2. The maximum Gasteiger partial charge on any atom is 0.303 e. The number of aliphatic hydroxyl groups is 2. The number of nitrogens with two attached hydrogens (primary N) is 1. The number of para-hydroxylation sites is 1. The summed E-state index contributed by atoms with van der Waals surface area (Å²) in [6, 6.07) is -11.6. The first-order valence-corrected chi connectivity index (χ1v) is 37.3. The van der Waals surface area contributed by atoms with Gasteiger partial charge in [0.15, 0.2) is 11.7 Å². The summed E-state index contributed by atoms with van der Waals surface area (Å²) in [5.74, 6) is -17.1. The lowest BCUT2D eigenvalue weighted by Gasteiger charge is -2.33. The Hall–Kier alpha value is -12.0. The van der Waals surface area contributed by atoms with Crippen molar-refractivity contribution in [1.29, 1.82) is 5.41 Å². The van der Waals surface area contributed by atoms with Crippen LogP contribution in [-0.4, -0.2) is 272 Å². The van der Waals surface area contributed by atoms with E-state index in [4.69, 9.17) is 11.1 Å². The minimum atomic E-state index is -1.84. The molecule has 5 aliphatic rings. The zero-order valence-electron chi connectivity index (χ0n) is 62.6. The molecule has 3 saturated heterocycles. The van der Waals surface area contributed by atoms with Gasteiger partial charge in [0.25, 0.3) is 0 Å². The van der Waals surface area contributed by atoms with Gasteiger partial charge >= 0.3 is 11.9 Å². The van der Waals surface area contributed by atoms with Gasteiger partial charge in [0.1, 0.15) is 72.5 Å². The number of carboxylic acid groups (broad SMARTS) is 2. The highest BCUT2D eigenvalue weighted by Crippen LogP contribution is 2.28. The molecule has 1 aromatic carbocycles. The summed E-state index contributed by atoms with van der Waals surface area (Å²) in [4.78, 5) is 249. The van der Waals surface area contributed by atoms with Crippen LogP contribution in [0.2, 0.25) is 0 Å². The number of carbonyl (C=O) groups excluding carboxylic acids is 15. The molecule has 0 spiro atoms. The Morgan fingerprint density at radius 2 is 1.19 bits per heavy atom. The molecule has 5 aliphatic heterocycles. The third-order valence-electron chi connectivity index (χ3n) is 19.3. The molecule has 7 rings (SSSR count). The van der Waals surface area contributed by atoms with Crippen LogP contribution in [0.5, 0.6) is 0 Å². The molecule has 3 fully saturated rings. The molecule has 41 nitrogen and oxygen atoms in total. The SMILES string of the molecule is CC(=O)N[C@H]1CCCCNC(=O)C[C@@H](C(=O)N2CCC[C@H]2C(=O)N2CCC[C@H]2C(=O)N[C@@H](CC2=CCC=N2)C(=O)N[C@@H](CCC(=O)O)C(=O)N[C@@H](CCC(=O)O)C(=O)N[C@@H](CO)C(=O)N[C@@H](CO)C(C)=O)NC(=O)[C@H](Cc2c[nH]c3ccccc23)NC(=O)[C@H](CCCNC(=N)N)NC(=O)CNC(=O)[C@H](CC2=CCC=N2)NC1=O. The highest BCUT2D eigenvalue weighted by Gasteiger charge is 2.46. The van der Waals surface area contributed by atoms with Gasteiger partial charge in [-0.2, -0.15) is 0 Å². The molecule has 2 aromatic rings. The summed E-state index contributed by atoms with van der Waals surface area (Å²) in [6.07, 6.45) is 5.15. The molecule has 6 heterocycles. The number of Topliss-reactive ketones (excluding diaryl/α,β-unsaturated/α-hetero) is 1. The average molecular weight is 1580 g/mol. The Balaban J connectivity index is 1.15. The predicted octanol–water partition coefficient (Wildman–Crippen LogP) is -5.57. The number of allylic oxidation sites excluding steroid dienone is 2. The number of H-pyrrole nitrogens is 1. The molecule has 0 unspecified atom stereocenters. The normalized spacial score (nSPS) is 22.0. The van der Waals surface area contributed by atoms with Crippen LogP contribution in [0.25, 0.3) is 10.9 Å². The largest absolute Gasteiger partial charge is 0.481 e. The van der Waals surface area contributed by atoms with E-state index >= 15 is 14.4 Å². The summed E-state index contributed by atoms with van der Waals surface area (Å²) in [6.45, 7) is -0.660. The Morgan fingerprint density at radius 3 is 1.80 bits per heavy atom. The second-order valence-corrected chi connectivity index (χ2v) is 27.8. The van der Waals surface area contributed by atoms with Crippen molar-refractivity contribution in [3.05, 3.63) is 59.6 Å². The number of guanidine groups is 1. The predicted molar refractivity (Wildman–Crippen MR) is 400 cm³/mol. The maximum atomic E-state index is 15.5. The number of likely N-dealkylation sites (tertiary alicyclic amines) is 2. The third kappa shape index (κ3) is 27.2. The molecule has 0 radical (unpaired) electrons. The van der Waals surface area contributed by atoms with E-state index < -0.39 is 231 Å². The number of aliphatic imine (C=N–C) groups is 2. The van der Waals surface area contributed by atoms with E-state index in [1.165, 1.54) is 18.0 Å². The Kier molecular flexibility index (Phi) is 34.0. The zero-order valence-corrected chi connectivity index (χ0v) is 62.6. The number of aliphatic hydroxyl groups excluding tert-OH is 2. The van der Waals surface area contributed by atoms with Gasteiger partial charge in [-0.05, 0) is 89.2 Å². The number of carbonyl (C=O) groups is 17. The molecule has 14 amide bonds. The number of aliphatic carboxylic acids is 2. The van der Waals surface area contributed by atoms with Crippen molar-refractivity contribution in [3.63, 3.8) is 0 Å². The minimum Gasteiger partial charge on any atom is -0.481 e. The van der Waals surface area contributed by atoms with Crippen LogP contribution < -0.4 is 74.9 Å². The topological polar surface area (TPSA) is 624 Å². The van der Waals surface area contributed by atoms with Crippen LogP contribution in [0, 0.1) is 5.41 Å². The first-order valence-electron chi connectivity index (χ1n) is 37.3. The number of hydrogen-bond donors (Lipinski definition) is 20. The van der Waals surface area contributed by atoms with Gasteiger partial charge in [-0.3, -0.25) is 96.9 Å². The highest BCUT2D eigenvalue weighted by molar-refractivity contribution is 6.02. The maximum absolute atomic E-state index is 15.5. The summed E-state index contributed by atoms with van der Waals surface area (Å²) < 4.78 is 0. The number of hydrogen-bond acceptors (Lipinski definition) is 22. The van der Waals surface area contributed by atoms with Crippen LogP contribution in [0.1, 0.15) is 135 Å². The Labute approximate surface area is 648 Å². The number of nitrogens with one attached hydrogen (secondary N) is 15. The number of benzene rings is 1. The summed E-state index contributed by atoms with van der Waals surface area (Å²) in [7, 11) is 0. The second-order valence-electron chi connectivity index (χ2n) is 27.8. The molecule has 614 valence electrons. The number of carboxylic acids is 2. The second kappa shape index (κ2) is 43.5. The Bertz CT molecular complexity index is 4030.